The first-order valence-corrected chi connectivity index (χ1v) is 7.49. The molecule has 0 aliphatic rings. The fraction of sp³-hybridized carbons (Fsp3) is 0.353. The van der Waals surface area contributed by atoms with Crippen molar-refractivity contribution >= 4 is 22.4 Å². The van der Waals surface area contributed by atoms with Gasteiger partial charge in [0.25, 0.3) is 5.60 Å². The highest BCUT2D eigenvalue weighted by atomic mass is 19.4. The normalized spacial score (nSPS) is 13.3. The number of hydrogen-bond donors (Lipinski definition) is 2. The van der Waals surface area contributed by atoms with Crippen molar-refractivity contribution in [2.24, 2.45) is 5.92 Å². The van der Waals surface area contributed by atoms with Gasteiger partial charge in [-0.05, 0) is 5.39 Å². The largest absolute Gasteiger partial charge is 0.430 e. The van der Waals surface area contributed by atoms with Gasteiger partial charge in [-0.15, -0.1) is 0 Å². The second-order valence-corrected chi connectivity index (χ2v) is 6.06. The van der Waals surface area contributed by atoms with E-state index in [1.165, 1.54) is 38.1 Å². The molecule has 2 aromatic rings. The van der Waals surface area contributed by atoms with E-state index in [1.54, 1.807) is 0 Å². The van der Waals surface area contributed by atoms with Crippen LogP contribution in [0.15, 0.2) is 36.4 Å². The number of benzene rings is 2. The van der Waals surface area contributed by atoms with Crippen LogP contribution in [0.5, 0.6) is 0 Å². The average Bonchev–Trinajstić information content (AvgIpc) is 2.52. The first-order chi connectivity index (χ1) is 11.8. The number of carbonyl (C=O) groups is 1. The molecule has 9 heteroatoms. The van der Waals surface area contributed by atoms with E-state index in [0.29, 0.717) is 11.5 Å². The summed E-state index contributed by atoms with van der Waals surface area (Å²) in [4.78, 5) is 12.0. The van der Waals surface area contributed by atoms with Gasteiger partial charge in [0, 0.05) is 16.9 Å². The summed E-state index contributed by atoms with van der Waals surface area (Å²) in [5.74, 6) is -1.49. The zero-order valence-corrected chi connectivity index (χ0v) is 13.7. The monoisotopic (exact) mass is 379 g/mol. The van der Waals surface area contributed by atoms with Crippen molar-refractivity contribution in [2.45, 2.75) is 31.8 Å². The van der Waals surface area contributed by atoms with Gasteiger partial charge >= 0.3 is 12.4 Å². The quantitative estimate of drug-likeness (QED) is 0.757. The number of hydrogen-bond acceptors (Lipinski definition) is 2. The molecule has 0 radical (unpaired) electrons. The number of rotatable bonds is 3. The number of halogens is 6. The number of alkyl halides is 6. The molecule has 0 spiro atoms. The van der Waals surface area contributed by atoms with E-state index in [4.69, 9.17) is 0 Å². The Morgan fingerprint density at radius 1 is 0.962 bits per heavy atom. The Kier molecular flexibility index (Phi) is 4.97. The maximum Gasteiger partial charge on any atom is 0.430 e. The molecule has 2 aromatic carbocycles. The first-order valence-electron chi connectivity index (χ1n) is 7.49. The standard InChI is InChI=1S/C17H15F6NO2/c1-9(2)14(25)24-13-11-6-4-3-5-10(11)7-8-12(13)15(26,16(18,19)20)17(21,22)23/h3-9,26H,1-2H3,(H,24,25). The van der Waals surface area contributed by atoms with Gasteiger partial charge < -0.3 is 10.4 Å². The smallest absolute Gasteiger partial charge is 0.369 e. The maximum absolute atomic E-state index is 13.3. The number of nitrogens with one attached hydrogen (secondary N) is 1. The van der Waals surface area contributed by atoms with Gasteiger partial charge in [0.1, 0.15) is 0 Å². The van der Waals surface area contributed by atoms with Crippen molar-refractivity contribution in [3.05, 3.63) is 42.0 Å². The summed E-state index contributed by atoms with van der Waals surface area (Å²) in [5.41, 5.74) is -7.34. The van der Waals surface area contributed by atoms with E-state index in [9.17, 15) is 36.2 Å². The van der Waals surface area contributed by atoms with Crippen LogP contribution in [0.3, 0.4) is 0 Å². The molecule has 2 rings (SSSR count). The third-order valence-corrected chi connectivity index (χ3v) is 3.91. The topological polar surface area (TPSA) is 49.3 Å². The van der Waals surface area contributed by atoms with E-state index in [1.807, 2.05) is 0 Å². The molecule has 0 saturated heterocycles. The lowest BCUT2D eigenvalue weighted by Crippen LogP contribution is -2.54. The number of carbonyl (C=O) groups excluding carboxylic acids is 1. The van der Waals surface area contributed by atoms with Gasteiger partial charge in [0.15, 0.2) is 0 Å². The third-order valence-electron chi connectivity index (χ3n) is 3.91. The van der Waals surface area contributed by atoms with Crippen LogP contribution in [0.1, 0.15) is 19.4 Å². The first kappa shape index (κ1) is 20.0. The van der Waals surface area contributed by atoms with Crippen molar-refractivity contribution in [3.63, 3.8) is 0 Å². The van der Waals surface area contributed by atoms with Gasteiger partial charge in [0.2, 0.25) is 5.91 Å². The highest BCUT2D eigenvalue weighted by molar-refractivity contribution is 6.04. The molecule has 3 nitrogen and oxygen atoms in total. The molecule has 0 unspecified atom stereocenters. The molecule has 0 bridgehead atoms. The predicted molar refractivity (Wildman–Crippen MR) is 83.4 cm³/mol. The average molecular weight is 379 g/mol. The van der Waals surface area contributed by atoms with Gasteiger partial charge in [0.05, 0.1) is 5.69 Å². The van der Waals surface area contributed by atoms with E-state index >= 15 is 0 Å². The third kappa shape index (κ3) is 3.23. The Labute approximate surface area is 144 Å². The molecule has 0 atom stereocenters. The van der Waals surface area contributed by atoms with Gasteiger partial charge in [-0.1, -0.05) is 50.2 Å². The van der Waals surface area contributed by atoms with Crippen molar-refractivity contribution in [2.75, 3.05) is 5.32 Å². The lowest BCUT2D eigenvalue weighted by Gasteiger charge is -2.34. The molecule has 0 heterocycles. The Bertz CT molecular complexity index is 812. The second kappa shape index (κ2) is 6.46. The molecular formula is C17H15F6NO2. The van der Waals surface area contributed by atoms with Gasteiger partial charge in [-0.2, -0.15) is 26.3 Å². The van der Waals surface area contributed by atoms with Gasteiger partial charge in [-0.25, -0.2) is 0 Å². The van der Waals surface area contributed by atoms with Crippen molar-refractivity contribution < 1.29 is 36.2 Å². The SMILES string of the molecule is CC(C)C(=O)Nc1c(C(O)(C(F)(F)F)C(F)(F)F)ccc2ccccc12. The van der Waals surface area contributed by atoms with E-state index in [0.717, 1.165) is 6.07 Å². The van der Waals surface area contributed by atoms with E-state index < -0.39 is 41.0 Å². The fourth-order valence-electron chi connectivity index (χ4n) is 2.44. The zero-order chi connectivity index (χ0) is 19.9. The Balaban J connectivity index is 2.87. The van der Waals surface area contributed by atoms with Crippen LogP contribution in [-0.2, 0) is 10.4 Å². The maximum atomic E-state index is 13.3. The summed E-state index contributed by atoms with van der Waals surface area (Å²) < 4.78 is 79.7. The summed E-state index contributed by atoms with van der Waals surface area (Å²) in [6.45, 7) is 2.86. The number of aliphatic hydroxyl groups is 1. The van der Waals surface area contributed by atoms with Gasteiger partial charge in [-0.3, -0.25) is 4.79 Å². The molecule has 0 fully saturated rings. The molecule has 26 heavy (non-hydrogen) atoms. The molecule has 0 aliphatic carbocycles. The second-order valence-electron chi connectivity index (χ2n) is 6.06. The highest BCUT2D eigenvalue weighted by Gasteiger charge is 2.72. The number of fused-ring (bicyclic) bond motifs is 1. The van der Waals surface area contributed by atoms with Crippen LogP contribution in [0, 0.1) is 5.92 Å². The zero-order valence-electron chi connectivity index (χ0n) is 13.7. The summed E-state index contributed by atoms with van der Waals surface area (Å²) in [5, 5.41) is 12.1. The number of anilines is 1. The molecule has 0 saturated carbocycles. The van der Waals surface area contributed by atoms with Crippen molar-refractivity contribution in [1.29, 1.82) is 0 Å². The molecule has 1 amide bonds. The molecule has 2 N–H and O–H groups in total. The van der Waals surface area contributed by atoms with Crippen LogP contribution in [0.25, 0.3) is 10.8 Å². The Hall–Kier alpha value is -2.29. The van der Waals surface area contributed by atoms with Crippen LogP contribution in [0.4, 0.5) is 32.0 Å². The summed E-state index contributed by atoms with van der Waals surface area (Å²) in [6, 6.07) is 7.22. The Morgan fingerprint density at radius 3 is 2.00 bits per heavy atom. The highest BCUT2D eigenvalue weighted by Crippen LogP contribution is 2.52. The molecule has 142 valence electrons. The van der Waals surface area contributed by atoms with E-state index in [2.05, 4.69) is 5.32 Å². The number of amides is 1. The van der Waals surface area contributed by atoms with Crippen molar-refractivity contribution in [3.8, 4) is 0 Å². The minimum atomic E-state index is -6.05. The minimum absolute atomic E-state index is 0.0501. The molecule has 0 aliphatic heterocycles. The Morgan fingerprint density at radius 2 is 1.50 bits per heavy atom. The summed E-state index contributed by atoms with van der Waals surface area (Å²) in [6.07, 6.45) is -12.1. The van der Waals surface area contributed by atoms with Crippen LogP contribution in [0.2, 0.25) is 0 Å². The van der Waals surface area contributed by atoms with Crippen LogP contribution in [-0.4, -0.2) is 23.4 Å². The van der Waals surface area contributed by atoms with Crippen molar-refractivity contribution in [1.82, 2.24) is 0 Å². The van der Waals surface area contributed by atoms with E-state index in [-0.39, 0.29) is 5.39 Å². The lowest BCUT2D eigenvalue weighted by molar-refractivity contribution is -0.375. The minimum Gasteiger partial charge on any atom is -0.369 e. The lowest BCUT2D eigenvalue weighted by atomic mass is 9.88. The summed E-state index contributed by atoms with van der Waals surface area (Å²) in [7, 11) is 0. The predicted octanol–water partition coefficient (Wildman–Crippen LogP) is 4.75. The van der Waals surface area contributed by atoms with Crippen LogP contribution < -0.4 is 5.32 Å². The fourth-order valence-corrected chi connectivity index (χ4v) is 2.44. The molecule has 0 aromatic heterocycles. The molecular weight excluding hydrogens is 364 g/mol. The van der Waals surface area contributed by atoms with Crippen LogP contribution >= 0.6 is 0 Å². The summed E-state index contributed by atoms with van der Waals surface area (Å²) >= 11 is 0.